The Morgan fingerprint density at radius 1 is 1.12 bits per heavy atom. The third-order valence-electron chi connectivity index (χ3n) is 4.03. The van der Waals surface area contributed by atoms with Gasteiger partial charge < -0.3 is 15.4 Å². The first kappa shape index (κ1) is 17.5. The average molecular weight is 348 g/mol. The Labute approximate surface area is 151 Å². The Bertz CT molecular complexity index is 999. The van der Waals surface area contributed by atoms with Gasteiger partial charge in [0.1, 0.15) is 0 Å². The molecule has 0 aliphatic heterocycles. The van der Waals surface area contributed by atoms with Crippen molar-refractivity contribution in [3.8, 4) is 11.3 Å². The zero-order valence-electron chi connectivity index (χ0n) is 14.6. The van der Waals surface area contributed by atoms with Crippen LogP contribution in [-0.2, 0) is 9.59 Å². The van der Waals surface area contributed by atoms with Crippen LogP contribution in [0.4, 0.5) is 5.69 Å². The van der Waals surface area contributed by atoms with Crippen molar-refractivity contribution in [3.63, 3.8) is 0 Å². The minimum Gasteiger partial charge on any atom is -0.478 e. The van der Waals surface area contributed by atoms with E-state index in [1.54, 1.807) is 6.08 Å². The Hall–Kier alpha value is -3.34. The summed E-state index contributed by atoms with van der Waals surface area (Å²) < 4.78 is 0. The Morgan fingerprint density at radius 3 is 2.65 bits per heavy atom. The molecule has 26 heavy (non-hydrogen) atoms. The van der Waals surface area contributed by atoms with Crippen LogP contribution in [-0.4, -0.2) is 22.0 Å². The molecule has 0 aliphatic carbocycles. The van der Waals surface area contributed by atoms with Crippen LogP contribution in [0.25, 0.3) is 28.2 Å². The van der Waals surface area contributed by atoms with E-state index in [4.69, 9.17) is 5.11 Å². The Morgan fingerprint density at radius 2 is 1.92 bits per heavy atom. The number of H-pyrrole nitrogens is 1. The van der Waals surface area contributed by atoms with Gasteiger partial charge in [0.25, 0.3) is 0 Å². The second-order valence-electron chi connectivity index (χ2n) is 6.43. The van der Waals surface area contributed by atoms with Gasteiger partial charge in [0.15, 0.2) is 0 Å². The molecule has 3 aromatic rings. The lowest BCUT2D eigenvalue weighted by molar-refractivity contribution is -0.131. The molecular weight excluding hydrogens is 328 g/mol. The Kier molecular flexibility index (Phi) is 4.89. The first-order valence-electron chi connectivity index (χ1n) is 8.37. The third kappa shape index (κ3) is 4.00. The molecule has 5 heteroatoms. The van der Waals surface area contributed by atoms with E-state index < -0.39 is 5.97 Å². The van der Waals surface area contributed by atoms with E-state index >= 15 is 0 Å². The maximum atomic E-state index is 11.9. The van der Waals surface area contributed by atoms with Crippen LogP contribution >= 0.6 is 0 Å². The molecule has 1 heterocycles. The van der Waals surface area contributed by atoms with Crippen molar-refractivity contribution < 1.29 is 14.7 Å². The van der Waals surface area contributed by atoms with E-state index in [9.17, 15) is 9.59 Å². The van der Waals surface area contributed by atoms with Gasteiger partial charge >= 0.3 is 5.97 Å². The van der Waals surface area contributed by atoms with Gasteiger partial charge in [0.2, 0.25) is 5.91 Å². The van der Waals surface area contributed by atoms with E-state index in [0.29, 0.717) is 0 Å². The zero-order valence-corrected chi connectivity index (χ0v) is 14.6. The molecule has 0 radical (unpaired) electrons. The second kappa shape index (κ2) is 7.27. The van der Waals surface area contributed by atoms with E-state index in [-0.39, 0.29) is 11.8 Å². The summed E-state index contributed by atoms with van der Waals surface area (Å²) in [6.45, 7) is 3.71. The molecule has 132 valence electrons. The number of aromatic nitrogens is 1. The lowest BCUT2D eigenvalue weighted by atomic mass is 10.1. The lowest BCUT2D eigenvalue weighted by Gasteiger charge is -2.08. The summed E-state index contributed by atoms with van der Waals surface area (Å²) in [5, 5.41) is 12.6. The second-order valence-corrected chi connectivity index (χ2v) is 6.43. The minimum atomic E-state index is -0.972. The molecule has 0 saturated carbocycles. The van der Waals surface area contributed by atoms with Crippen LogP contribution in [0.15, 0.2) is 54.6 Å². The molecule has 0 fully saturated rings. The van der Waals surface area contributed by atoms with E-state index in [1.807, 2.05) is 62.4 Å². The number of carbonyl (C=O) groups is 2. The quantitative estimate of drug-likeness (QED) is 0.593. The van der Waals surface area contributed by atoms with E-state index in [1.165, 1.54) is 0 Å². The molecule has 0 atom stereocenters. The van der Waals surface area contributed by atoms with Crippen molar-refractivity contribution >= 4 is 34.5 Å². The molecule has 2 aromatic carbocycles. The maximum Gasteiger partial charge on any atom is 0.328 e. The maximum absolute atomic E-state index is 11.9. The zero-order chi connectivity index (χ0) is 18.7. The molecule has 5 nitrogen and oxygen atoms in total. The van der Waals surface area contributed by atoms with Gasteiger partial charge in [-0.05, 0) is 42.0 Å². The number of anilines is 1. The molecule has 1 aromatic heterocycles. The number of hydrogen-bond acceptors (Lipinski definition) is 2. The number of rotatable bonds is 5. The topological polar surface area (TPSA) is 82.2 Å². The number of nitrogens with one attached hydrogen (secondary N) is 2. The molecule has 0 unspecified atom stereocenters. The summed E-state index contributed by atoms with van der Waals surface area (Å²) in [6, 6.07) is 15.4. The summed E-state index contributed by atoms with van der Waals surface area (Å²) in [7, 11) is 0. The Balaban J connectivity index is 1.90. The number of carboxylic acid groups (broad SMARTS) is 1. The predicted molar refractivity (Wildman–Crippen MR) is 104 cm³/mol. The van der Waals surface area contributed by atoms with Crippen molar-refractivity contribution in [2.75, 3.05) is 5.32 Å². The third-order valence-corrected chi connectivity index (χ3v) is 4.03. The highest BCUT2D eigenvalue weighted by Gasteiger charge is 2.09. The van der Waals surface area contributed by atoms with Crippen LogP contribution in [0.1, 0.15) is 19.4 Å². The fourth-order valence-electron chi connectivity index (χ4n) is 2.63. The highest BCUT2D eigenvalue weighted by atomic mass is 16.4. The number of carbonyl (C=O) groups excluding carboxylic acids is 1. The molecule has 0 bridgehead atoms. The molecule has 1 amide bonds. The van der Waals surface area contributed by atoms with Gasteiger partial charge in [-0.1, -0.05) is 32.0 Å². The average Bonchev–Trinajstić information content (AvgIpc) is 3.03. The number of amides is 1. The summed E-state index contributed by atoms with van der Waals surface area (Å²) in [6.07, 6.45) is 2.69. The number of fused-ring (bicyclic) bond motifs is 1. The van der Waals surface area contributed by atoms with Gasteiger partial charge in [-0.25, -0.2) is 4.79 Å². The van der Waals surface area contributed by atoms with Gasteiger partial charge in [-0.15, -0.1) is 0 Å². The van der Waals surface area contributed by atoms with Crippen molar-refractivity contribution in [1.82, 2.24) is 4.98 Å². The first-order valence-corrected chi connectivity index (χ1v) is 8.37. The first-order chi connectivity index (χ1) is 12.4. The fraction of sp³-hybridized carbons (Fsp3) is 0.143. The summed E-state index contributed by atoms with van der Waals surface area (Å²) in [5.74, 6) is -1.07. The lowest BCUT2D eigenvalue weighted by Crippen LogP contribution is -2.17. The molecular formula is C21H20N2O3. The molecule has 3 rings (SSSR count). The van der Waals surface area contributed by atoms with E-state index in [0.717, 1.165) is 39.5 Å². The monoisotopic (exact) mass is 348 g/mol. The smallest absolute Gasteiger partial charge is 0.328 e. The predicted octanol–water partition coefficient (Wildman–Crippen LogP) is 4.53. The highest BCUT2D eigenvalue weighted by molar-refractivity contribution is 5.93. The van der Waals surface area contributed by atoms with Crippen molar-refractivity contribution in [3.05, 3.63) is 60.2 Å². The van der Waals surface area contributed by atoms with Crippen molar-refractivity contribution in [2.24, 2.45) is 5.92 Å². The van der Waals surface area contributed by atoms with Crippen LogP contribution in [0.2, 0.25) is 0 Å². The molecule has 0 spiro atoms. The van der Waals surface area contributed by atoms with Crippen LogP contribution in [0, 0.1) is 5.92 Å². The number of aliphatic carboxylic acids is 1. The van der Waals surface area contributed by atoms with Gasteiger partial charge in [0.05, 0.1) is 0 Å². The van der Waals surface area contributed by atoms with Crippen LogP contribution < -0.4 is 5.32 Å². The van der Waals surface area contributed by atoms with E-state index in [2.05, 4.69) is 10.3 Å². The SMILES string of the molecule is CC(C)C(=O)Nc1cccc(-c2cc3cc(/C=C/C(=O)O)ccc3[nH]2)c1. The summed E-state index contributed by atoms with van der Waals surface area (Å²) >= 11 is 0. The summed E-state index contributed by atoms with van der Waals surface area (Å²) in [5.41, 5.74) is 4.43. The van der Waals surface area contributed by atoms with Crippen LogP contribution in [0.3, 0.4) is 0 Å². The molecule has 0 saturated heterocycles. The van der Waals surface area contributed by atoms with Gasteiger partial charge in [-0.2, -0.15) is 0 Å². The number of benzene rings is 2. The summed E-state index contributed by atoms with van der Waals surface area (Å²) in [4.78, 5) is 25.9. The van der Waals surface area contributed by atoms with Gasteiger partial charge in [0, 0.05) is 39.8 Å². The van der Waals surface area contributed by atoms with Crippen LogP contribution in [0.5, 0.6) is 0 Å². The normalized spacial score (nSPS) is 11.3. The largest absolute Gasteiger partial charge is 0.478 e. The fourth-order valence-corrected chi connectivity index (χ4v) is 2.63. The number of hydrogen-bond donors (Lipinski definition) is 3. The number of carboxylic acids is 1. The molecule has 3 N–H and O–H groups in total. The van der Waals surface area contributed by atoms with Crippen molar-refractivity contribution in [2.45, 2.75) is 13.8 Å². The highest BCUT2D eigenvalue weighted by Crippen LogP contribution is 2.27. The van der Waals surface area contributed by atoms with Gasteiger partial charge in [-0.3, -0.25) is 4.79 Å². The standard InChI is InChI=1S/C21H20N2O3/c1-13(2)21(26)22-17-5-3-4-15(11-17)19-12-16-10-14(7-9-20(24)25)6-8-18(16)23-19/h3-13,23H,1-2H3,(H,22,26)(H,24,25)/b9-7+. The molecule has 0 aliphatic rings. The minimum absolute atomic E-state index is 0.0198. The number of aromatic amines is 1. The van der Waals surface area contributed by atoms with Crippen molar-refractivity contribution in [1.29, 1.82) is 0 Å².